The van der Waals surface area contributed by atoms with Gasteiger partial charge in [0.15, 0.2) is 0 Å². The number of hydrogen-bond acceptors (Lipinski definition) is 8. The molecular weight excluding hydrogens is 681 g/mol. The van der Waals surface area contributed by atoms with Crippen LogP contribution in [-0.2, 0) is 22.6 Å². The van der Waals surface area contributed by atoms with Crippen molar-refractivity contribution in [2.75, 3.05) is 40.4 Å². The first kappa shape index (κ1) is 38.5. The fourth-order valence-corrected chi connectivity index (χ4v) is 10.2. The number of hydrogen-bond donors (Lipinski definition) is 3. The standard InChI is InChI=1S/C44H58N4O6/c1-27-36-22-33(44(36,3)4)23-37(27)45-42(51)40-39(28(2)50)38(26-49)54-48(40)24-32-16-11-17-35(41(32)53-6)30-14-10-15-31(21-30)43(52)47-19-18-46(5)25-34(47)20-29-12-8-7-9-13-29/h7-17,21,27-28,33-34,36-40,49-50H,18-20,22-26H2,1-6H3,(H,45,51)/t27-,28-,33-,34-,36+,37-,38-,39+,40-/m0/s1. The first-order chi connectivity index (χ1) is 25.9. The summed E-state index contributed by atoms with van der Waals surface area (Å²) in [4.78, 5) is 39.0. The number of aliphatic hydroxyl groups excluding tert-OH is 2. The maximum Gasteiger partial charge on any atom is 0.254 e. The van der Waals surface area contributed by atoms with E-state index < -0.39 is 24.2 Å². The van der Waals surface area contributed by atoms with Crippen molar-refractivity contribution in [3.05, 3.63) is 89.5 Å². The lowest BCUT2D eigenvalue weighted by atomic mass is 9.45. The minimum Gasteiger partial charge on any atom is -0.496 e. The number of ether oxygens (including phenoxy) is 1. The van der Waals surface area contributed by atoms with Crippen LogP contribution in [0.2, 0.25) is 0 Å². The van der Waals surface area contributed by atoms with E-state index in [1.54, 1.807) is 19.1 Å². The minimum atomic E-state index is -0.889. The number of likely N-dealkylation sites (N-methyl/N-ethyl adjacent to an activating group) is 1. The molecule has 8 rings (SSSR count). The van der Waals surface area contributed by atoms with E-state index in [9.17, 15) is 19.8 Å². The molecule has 3 saturated carbocycles. The number of methoxy groups -OCH3 is 1. The number of aliphatic hydroxyl groups is 2. The zero-order chi connectivity index (χ0) is 38.3. The highest BCUT2D eigenvalue weighted by Gasteiger charge is 2.57. The second-order valence-corrected chi connectivity index (χ2v) is 16.9. The fraction of sp³-hybridized carbons (Fsp3) is 0.545. The molecule has 0 aromatic heterocycles. The highest BCUT2D eigenvalue weighted by atomic mass is 16.7. The van der Waals surface area contributed by atoms with Gasteiger partial charge < -0.3 is 30.1 Å². The summed E-state index contributed by atoms with van der Waals surface area (Å²) in [6.07, 6.45) is 1.30. The van der Waals surface area contributed by atoms with Gasteiger partial charge >= 0.3 is 0 Å². The zero-order valence-corrected chi connectivity index (χ0v) is 32.7. The number of carbonyl (C=O) groups excluding carboxylic acids is 2. The van der Waals surface area contributed by atoms with Crippen LogP contribution in [0.1, 0.15) is 62.0 Å². The van der Waals surface area contributed by atoms with Gasteiger partial charge in [0.05, 0.1) is 26.4 Å². The summed E-state index contributed by atoms with van der Waals surface area (Å²) in [6, 6.07) is 23.2. The molecule has 2 aliphatic heterocycles. The summed E-state index contributed by atoms with van der Waals surface area (Å²) in [5.74, 6) is 1.28. The number of para-hydroxylation sites is 1. The quantitative estimate of drug-likeness (QED) is 0.252. The summed E-state index contributed by atoms with van der Waals surface area (Å²) in [5.41, 5.74) is 4.55. The van der Waals surface area contributed by atoms with Crippen LogP contribution in [0.4, 0.5) is 0 Å². The number of hydroxylamine groups is 2. The Morgan fingerprint density at radius 2 is 1.80 bits per heavy atom. The number of piperazine rings is 1. The topological polar surface area (TPSA) is 115 Å². The largest absolute Gasteiger partial charge is 0.496 e. The first-order valence-electron chi connectivity index (χ1n) is 19.7. The third kappa shape index (κ3) is 7.31. The third-order valence-corrected chi connectivity index (χ3v) is 13.4. The van der Waals surface area contributed by atoms with Crippen molar-refractivity contribution < 1.29 is 29.4 Å². The van der Waals surface area contributed by atoms with Crippen molar-refractivity contribution in [2.45, 2.75) is 83.8 Å². The SMILES string of the molecule is COc1c(CN2O[C@@H](CO)[C@@H]([C@H](C)O)[C@H]2C(=O)N[C@H]2C[C@@H]3C[C@H]([C@@H]2C)C3(C)C)cccc1-c1cccc(C(=O)N2CCN(C)C[C@@H]2Cc2ccccc2)c1. The first-order valence-corrected chi connectivity index (χ1v) is 19.7. The molecule has 3 aromatic carbocycles. The number of rotatable bonds is 11. The second-order valence-electron chi connectivity index (χ2n) is 16.9. The Morgan fingerprint density at radius 3 is 2.48 bits per heavy atom. The lowest BCUT2D eigenvalue weighted by Gasteiger charge is -2.62. The maximum atomic E-state index is 14.2. The van der Waals surface area contributed by atoms with Crippen molar-refractivity contribution >= 4 is 11.8 Å². The Labute approximate surface area is 320 Å². The molecule has 5 fully saturated rings. The van der Waals surface area contributed by atoms with Crippen LogP contribution >= 0.6 is 0 Å². The van der Waals surface area contributed by atoms with E-state index in [0.29, 0.717) is 35.6 Å². The van der Waals surface area contributed by atoms with Gasteiger partial charge in [0.2, 0.25) is 5.91 Å². The van der Waals surface area contributed by atoms with Crippen LogP contribution in [0.15, 0.2) is 72.8 Å². The van der Waals surface area contributed by atoms with Crippen molar-refractivity contribution in [3.8, 4) is 16.9 Å². The average Bonchev–Trinajstić information content (AvgIpc) is 3.54. The Kier molecular flexibility index (Phi) is 11.2. The molecule has 3 N–H and O–H groups in total. The summed E-state index contributed by atoms with van der Waals surface area (Å²) in [7, 11) is 3.73. The Hall–Kier alpha value is -3.80. The van der Waals surface area contributed by atoms with Crippen LogP contribution in [0.25, 0.3) is 11.1 Å². The molecule has 0 spiro atoms. The van der Waals surface area contributed by atoms with Crippen LogP contribution in [0.5, 0.6) is 5.75 Å². The molecule has 3 aliphatic carbocycles. The van der Waals surface area contributed by atoms with Gasteiger partial charge in [-0.05, 0) is 79.7 Å². The van der Waals surface area contributed by atoms with E-state index in [1.807, 2.05) is 65.6 Å². The molecule has 10 nitrogen and oxygen atoms in total. The van der Waals surface area contributed by atoms with Crippen LogP contribution in [0.3, 0.4) is 0 Å². The van der Waals surface area contributed by atoms with E-state index >= 15 is 0 Å². The molecule has 2 heterocycles. The summed E-state index contributed by atoms with van der Waals surface area (Å²) < 4.78 is 6.07. The van der Waals surface area contributed by atoms with E-state index in [2.05, 4.69) is 50.2 Å². The van der Waals surface area contributed by atoms with Gasteiger partial charge in [0.1, 0.15) is 17.9 Å². The number of benzene rings is 3. The molecule has 2 bridgehead atoms. The predicted molar refractivity (Wildman–Crippen MR) is 208 cm³/mol. The monoisotopic (exact) mass is 738 g/mol. The molecular formula is C44H58N4O6. The summed E-state index contributed by atoms with van der Waals surface area (Å²) >= 11 is 0. The average molecular weight is 739 g/mol. The lowest BCUT2D eigenvalue weighted by molar-refractivity contribution is -0.183. The van der Waals surface area contributed by atoms with Gasteiger partial charge in [-0.3, -0.25) is 14.4 Å². The van der Waals surface area contributed by atoms with Gasteiger partial charge in [-0.25, -0.2) is 0 Å². The molecule has 0 unspecified atom stereocenters. The molecule has 2 amide bonds. The van der Waals surface area contributed by atoms with Crippen molar-refractivity contribution in [1.82, 2.24) is 20.2 Å². The van der Waals surface area contributed by atoms with Crippen LogP contribution in [-0.4, -0.2) is 108 Å². The highest BCUT2D eigenvalue weighted by molar-refractivity contribution is 5.96. The Bertz CT molecular complexity index is 1800. The molecule has 54 heavy (non-hydrogen) atoms. The van der Waals surface area contributed by atoms with Gasteiger partial charge in [0, 0.05) is 54.3 Å². The van der Waals surface area contributed by atoms with Gasteiger partial charge in [-0.15, -0.1) is 0 Å². The Balaban J connectivity index is 1.13. The van der Waals surface area contributed by atoms with Crippen molar-refractivity contribution in [1.29, 1.82) is 0 Å². The molecule has 10 heteroatoms. The molecule has 290 valence electrons. The maximum absolute atomic E-state index is 14.2. The summed E-state index contributed by atoms with van der Waals surface area (Å²) in [5, 5.41) is 26.3. The smallest absolute Gasteiger partial charge is 0.254 e. The van der Waals surface area contributed by atoms with Crippen molar-refractivity contribution in [3.63, 3.8) is 0 Å². The van der Waals surface area contributed by atoms with Gasteiger partial charge in [0.25, 0.3) is 5.91 Å². The number of nitrogens with one attached hydrogen (secondary N) is 1. The normalized spacial score (nSPS) is 30.0. The molecule has 9 atom stereocenters. The fourth-order valence-electron chi connectivity index (χ4n) is 10.2. The molecule has 0 radical (unpaired) electrons. The minimum absolute atomic E-state index is 0.00712. The molecule has 5 aliphatic rings. The van der Waals surface area contributed by atoms with E-state index in [4.69, 9.17) is 9.57 Å². The van der Waals surface area contributed by atoms with Crippen LogP contribution < -0.4 is 10.1 Å². The van der Waals surface area contributed by atoms with Crippen LogP contribution in [0, 0.1) is 29.1 Å². The number of nitrogens with zero attached hydrogens (tertiary/aromatic N) is 3. The molecule has 2 saturated heterocycles. The Morgan fingerprint density at radius 1 is 1.04 bits per heavy atom. The van der Waals surface area contributed by atoms with Crippen molar-refractivity contribution in [2.24, 2.45) is 29.1 Å². The second kappa shape index (κ2) is 15.7. The lowest BCUT2D eigenvalue weighted by Crippen LogP contribution is -2.62. The summed E-state index contributed by atoms with van der Waals surface area (Å²) in [6.45, 7) is 10.7. The van der Waals surface area contributed by atoms with E-state index in [-0.39, 0.29) is 42.5 Å². The highest BCUT2D eigenvalue weighted by Crippen LogP contribution is 2.61. The van der Waals surface area contributed by atoms with E-state index in [1.165, 1.54) is 12.0 Å². The van der Waals surface area contributed by atoms with Gasteiger partial charge in [-0.2, -0.15) is 5.06 Å². The zero-order valence-electron chi connectivity index (χ0n) is 32.7. The predicted octanol–water partition coefficient (Wildman–Crippen LogP) is 5.02. The van der Waals surface area contributed by atoms with Gasteiger partial charge in [-0.1, -0.05) is 81.4 Å². The number of carbonyl (C=O) groups is 2. The van der Waals surface area contributed by atoms with E-state index in [0.717, 1.165) is 42.6 Å². The molecule has 3 aromatic rings. The third-order valence-electron chi connectivity index (χ3n) is 13.4. The number of amides is 2. The number of fused-ring (bicyclic) bond motifs is 2.